The number of hydrogen-bond acceptors (Lipinski definition) is 5. The van der Waals surface area contributed by atoms with E-state index in [9.17, 15) is 9.59 Å². The predicted octanol–water partition coefficient (Wildman–Crippen LogP) is 3.46. The number of H-pyrrole nitrogens is 1. The zero-order valence-corrected chi connectivity index (χ0v) is 15.4. The second-order valence-electron chi connectivity index (χ2n) is 6.31. The van der Waals surface area contributed by atoms with Crippen LogP contribution in [0, 0.1) is 0 Å². The molecule has 0 saturated heterocycles. The average molecular weight is 380 g/mol. The van der Waals surface area contributed by atoms with Gasteiger partial charge in [-0.1, -0.05) is 13.8 Å². The van der Waals surface area contributed by atoms with Gasteiger partial charge in [0.25, 0.3) is 5.91 Å². The highest BCUT2D eigenvalue weighted by Crippen LogP contribution is 2.23. The summed E-state index contributed by atoms with van der Waals surface area (Å²) in [7, 11) is 0. The second-order valence-corrected chi connectivity index (χ2v) is 6.31. The zero-order chi connectivity index (χ0) is 20.1. The molecule has 3 amide bonds. The zero-order valence-electron chi connectivity index (χ0n) is 15.4. The summed E-state index contributed by atoms with van der Waals surface area (Å²) in [6.45, 7) is 4.06. The molecule has 0 spiro atoms. The Labute approximate surface area is 161 Å². The number of aromatic nitrogens is 3. The molecular weight excluding hydrogens is 360 g/mol. The third-order valence-corrected chi connectivity index (χ3v) is 3.79. The molecule has 3 aromatic rings. The molecular formula is C19H20N6O3. The molecule has 0 saturated carbocycles. The Balaban J connectivity index is 1.58. The molecule has 144 valence electrons. The summed E-state index contributed by atoms with van der Waals surface area (Å²) in [6, 6.07) is 11.2. The summed E-state index contributed by atoms with van der Waals surface area (Å²) < 4.78 is 5.66. The first-order valence-corrected chi connectivity index (χ1v) is 8.58. The van der Waals surface area contributed by atoms with E-state index in [4.69, 9.17) is 10.5 Å². The smallest absolute Gasteiger partial charge is 0.324 e. The molecule has 2 heterocycles. The third-order valence-electron chi connectivity index (χ3n) is 3.79. The standard InChI is InChI=1S/C19H20N6O3/c1-11(2)15-10-17(25-24-15)23-19(27)22-12-3-5-13(6-4-12)28-14-7-8-21-16(9-14)18(20)26/h3-11H,1-2H3,(H2,20,26)(H3,22,23,24,25,27). The fourth-order valence-electron chi connectivity index (χ4n) is 2.33. The first kappa shape index (κ1) is 18.9. The maximum atomic E-state index is 12.1. The molecule has 3 rings (SSSR count). The fourth-order valence-corrected chi connectivity index (χ4v) is 2.33. The van der Waals surface area contributed by atoms with Crippen LogP contribution in [0.1, 0.15) is 35.9 Å². The van der Waals surface area contributed by atoms with Gasteiger partial charge in [0.15, 0.2) is 5.82 Å². The van der Waals surface area contributed by atoms with Crippen molar-refractivity contribution in [3.63, 3.8) is 0 Å². The molecule has 0 unspecified atom stereocenters. The minimum atomic E-state index is -0.631. The van der Waals surface area contributed by atoms with Gasteiger partial charge in [0, 0.05) is 29.7 Å². The lowest BCUT2D eigenvalue weighted by molar-refractivity contribution is 0.0995. The van der Waals surface area contributed by atoms with E-state index in [0.717, 1.165) is 5.69 Å². The number of aromatic amines is 1. The van der Waals surface area contributed by atoms with Crippen molar-refractivity contribution in [1.82, 2.24) is 15.2 Å². The number of primary amides is 1. The van der Waals surface area contributed by atoms with Crippen LogP contribution in [0.4, 0.5) is 16.3 Å². The van der Waals surface area contributed by atoms with Crippen LogP contribution in [0.25, 0.3) is 0 Å². The van der Waals surface area contributed by atoms with E-state index < -0.39 is 11.9 Å². The number of nitrogens with one attached hydrogen (secondary N) is 3. The van der Waals surface area contributed by atoms with E-state index in [2.05, 4.69) is 25.8 Å². The number of urea groups is 1. The second kappa shape index (κ2) is 8.21. The quantitative estimate of drug-likeness (QED) is 0.519. The van der Waals surface area contributed by atoms with Crippen molar-refractivity contribution in [2.24, 2.45) is 5.73 Å². The molecule has 9 heteroatoms. The Hall–Kier alpha value is -3.88. The summed E-state index contributed by atoms with van der Waals surface area (Å²) in [5, 5.41) is 12.3. The topological polar surface area (TPSA) is 135 Å². The molecule has 28 heavy (non-hydrogen) atoms. The van der Waals surface area contributed by atoms with Crippen LogP contribution in [-0.4, -0.2) is 27.1 Å². The van der Waals surface area contributed by atoms with Crippen LogP contribution in [0.3, 0.4) is 0 Å². The van der Waals surface area contributed by atoms with Crippen molar-refractivity contribution in [2.45, 2.75) is 19.8 Å². The van der Waals surface area contributed by atoms with Crippen molar-refractivity contribution in [3.8, 4) is 11.5 Å². The predicted molar refractivity (Wildman–Crippen MR) is 105 cm³/mol. The number of anilines is 2. The number of carbonyl (C=O) groups excluding carboxylic acids is 2. The summed E-state index contributed by atoms with van der Waals surface area (Å²) in [4.78, 5) is 27.1. The number of rotatable bonds is 6. The Morgan fingerprint density at radius 3 is 2.46 bits per heavy atom. The monoisotopic (exact) mass is 380 g/mol. The van der Waals surface area contributed by atoms with E-state index in [1.165, 1.54) is 12.3 Å². The van der Waals surface area contributed by atoms with Crippen molar-refractivity contribution in [1.29, 1.82) is 0 Å². The minimum absolute atomic E-state index is 0.117. The summed E-state index contributed by atoms with van der Waals surface area (Å²) in [6.07, 6.45) is 1.44. The minimum Gasteiger partial charge on any atom is -0.457 e. The Morgan fingerprint density at radius 2 is 1.82 bits per heavy atom. The lowest BCUT2D eigenvalue weighted by atomic mass is 10.1. The lowest BCUT2D eigenvalue weighted by Crippen LogP contribution is -2.19. The Kier molecular flexibility index (Phi) is 5.54. The van der Waals surface area contributed by atoms with Crippen LogP contribution in [0.2, 0.25) is 0 Å². The maximum Gasteiger partial charge on any atom is 0.324 e. The first-order valence-electron chi connectivity index (χ1n) is 8.58. The highest BCUT2D eigenvalue weighted by Gasteiger charge is 2.09. The molecule has 0 fully saturated rings. The van der Waals surface area contributed by atoms with Crippen LogP contribution >= 0.6 is 0 Å². The van der Waals surface area contributed by atoms with Gasteiger partial charge in [-0.15, -0.1) is 0 Å². The molecule has 0 aliphatic carbocycles. The molecule has 0 aliphatic rings. The number of nitrogens with two attached hydrogens (primary N) is 1. The van der Waals surface area contributed by atoms with Crippen LogP contribution in [-0.2, 0) is 0 Å². The van der Waals surface area contributed by atoms with E-state index in [-0.39, 0.29) is 11.6 Å². The number of amides is 3. The van der Waals surface area contributed by atoms with Gasteiger partial charge < -0.3 is 15.8 Å². The number of carbonyl (C=O) groups is 2. The highest BCUT2D eigenvalue weighted by molar-refractivity contribution is 5.99. The van der Waals surface area contributed by atoms with Gasteiger partial charge >= 0.3 is 6.03 Å². The van der Waals surface area contributed by atoms with E-state index in [1.54, 1.807) is 36.4 Å². The number of nitrogens with zero attached hydrogens (tertiary/aromatic N) is 2. The van der Waals surface area contributed by atoms with Gasteiger partial charge in [0.2, 0.25) is 0 Å². The van der Waals surface area contributed by atoms with Crippen molar-refractivity contribution in [2.75, 3.05) is 10.6 Å². The molecule has 2 aromatic heterocycles. The van der Waals surface area contributed by atoms with Crippen LogP contribution in [0.5, 0.6) is 11.5 Å². The number of hydrogen-bond donors (Lipinski definition) is 4. The van der Waals surface area contributed by atoms with E-state index in [1.807, 2.05) is 13.8 Å². The van der Waals surface area contributed by atoms with Crippen LogP contribution in [0.15, 0.2) is 48.7 Å². The third kappa shape index (κ3) is 4.85. The van der Waals surface area contributed by atoms with E-state index >= 15 is 0 Å². The molecule has 0 aliphatic heterocycles. The molecule has 9 nitrogen and oxygen atoms in total. The largest absolute Gasteiger partial charge is 0.457 e. The number of benzene rings is 1. The molecule has 1 aromatic carbocycles. The molecule has 0 radical (unpaired) electrons. The number of ether oxygens (including phenoxy) is 1. The normalized spacial score (nSPS) is 10.5. The molecule has 0 bridgehead atoms. The number of pyridine rings is 1. The summed E-state index contributed by atoms with van der Waals surface area (Å²) in [5.74, 6) is 1.07. The SMILES string of the molecule is CC(C)c1cc(NC(=O)Nc2ccc(Oc3ccnc(C(N)=O)c3)cc2)n[nH]1. The van der Waals surface area contributed by atoms with Gasteiger partial charge in [0.1, 0.15) is 17.2 Å². The van der Waals surface area contributed by atoms with Gasteiger partial charge in [-0.25, -0.2) is 4.79 Å². The Bertz CT molecular complexity index is 981. The van der Waals surface area contributed by atoms with Gasteiger partial charge in [-0.2, -0.15) is 5.10 Å². The van der Waals surface area contributed by atoms with Crippen molar-refractivity contribution < 1.29 is 14.3 Å². The molecule has 0 atom stereocenters. The van der Waals surface area contributed by atoms with Gasteiger partial charge in [-0.05, 0) is 36.2 Å². The van der Waals surface area contributed by atoms with E-state index in [0.29, 0.717) is 23.0 Å². The lowest BCUT2D eigenvalue weighted by Gasteiger charge is -2.08. The van der Waals surface area contributed by atoms with Crippen LogP contribution < -0.4 is 21.1 Å². The van der Waals surface area contributed by atoms with Crippen molar-refractivity contribution >= 4 is 23.4 Å². The average Bonchev–Trinajstić information content (AvgIpc) is 3.12. The summed E-state index contributed by atoms with van der Waals surface area (Å²) >= 11 is 0. The Morgan fingerprint density at radius 1 is 1.07 bits per heavy atom. The molecule has 5 N–H and O–H groups in total. The van der Waals surface area contributed by atoms with Gasteiger partial charge in [0.05, 0.1) is 0 Å². The maximum absolute atomic E-state index is 12.1. The van der Waals surface area contributed by atoms with Crippen molar-refractivity contribution in [3.05, 3.63) is 60.0 Å². The summed E-state index contributed by atoms with van der Waals surface area (Å²) in [5.41, 5.74) is 6.84. The first-order chi connectivity index (χ1) is 13.4. The highest BCUT2D eigenvalue weighted by atomic mass is 16.5. The van der Waals surface area contributed by atoms with Gasteiger partial charge in [-0.3, -0.25) is 20.2 Å². The fraction of sp³-hybridized carbons (Fsp3) is 0.158.